The summed E-state index contributed by atoms with van der Waals surface area (Å²) < 4.78 is 0. The van der Waals surface area contributed by atoms with Crippen LogP contribution in [0, 0.1) is 13.3 Å². The van der Waals surface area contributed by atoms with E-state index >= 15 is 0 Å². The second-order valence-electron chi connectivity index (χ2n) is 3.67. The molecule has 1 aliphatic carbocycles. The maximum atomic E-state index is 11.6. The number of hydrogen-bond acceptors (Lipinski definition) is 3. The zero-order valence-electron chi connectivity index (χ0n) is 9.72. The Kier molecular flexibility index (Phi) is 5.52. The summed E-state index contributed by atoms with van der Waals surface area (Å²) in [5.41, 5.74) is 2.12. The number of hydrogen-bond donors (Lipinski definition) is 1. The van der Waals surface area contributed by atoms with Crippen LogP contribution in [-0.2, 0) is 11.2 Å². The van der Waals surface area contributed by atoms with E-state index in [0.717, 1.165) is 27.4 Å². The average molecular weight is 308 g/mol. The summed E-state index contributed by atoms with van der Waals surface area (Å²) in [5, 5.41) is 3.58. The van der Waals surface area contributed by atoms with Crippen LogP contribution in [0.5, 0.6) is 0 Å². The van der Waals surface area contributed by atoms with E-state index in [1.807, 2.05) is 13.3 Å². The summed E-state index contributed by atoms with van der Waals surface area (Å²) in [7, 11) is 0. The molecule has 1 N–H and O–H groups in total. The van der Waals surface area contributed by atoms with Crippen molar-refractivity contribution in [2.45, 2.75) is 26.7 Å². The van der Waals surface area contributed by atoms with Crippen LogP contribution in [0.2, 0.25) is 0 Å². The summed E-state index contributed by atoms with van der Waals surface area (Å²) in [5.74, 6) is 0.0778. The molecule has 0 unspecified atom stereocenters. The monoisotopic (exact) mass is 307 g/mol. The molecule has 5 heteroatoms. The van der Waals surface area contributed by atoms with Crippen LogP contribution in [-0.4, -0.2) is 11.7 Å². The van der Waals surface area contributed by atoms with E-state index < -0.39 is 0 Å². The van der Waals surface area contributed by atoms with Crippen molar-refractivity contribution in [3.63, 3.8) is 0 Å². The van der Waals surface area contributed by atoms with E-state index in [0.29, 0.717) is 6.42 Å². The van der Waals surface area contributed by atoms with Crippen LogP contribution in [0.3, 0.4) is 0 Å². The molecule has 1 aliphatic rings. The maximum Gasteiger partial charge on any atom is 1.00 e. The van der Waals surface area contributed by atoms with Crippen molar-refractivity contribution in [2.24, 2.45) is 0 Å². The number of amides is 1. The number of ketones is 1. The molecule has 80 valence electrons. The number of nitrogens with one attached hydrogen (secondary N) is 1. The van der Waals surface area contributed by atoms with Gasteiger partial charge in [-0.15, -0.1) is 17.8 Å². The first kappa shape index (κ1) is 14.7. The molecular formula is C11H12NO2RbS. The summed E-state index contributed by atoms with van der Waals surface area (Å²) in [4.78, 5) is 23.4. The molecule has 0 atom stereocenters. The largest absolute Gasteiger partial charge is 1.00 e. The Bertz CT molecular complexity index is 439. The van der Waals surface area contributed by atoms with Crippen LogP contribution < -0.4 is 63.5 Å². The van der Waals surface area contributed by atoms with Gasteiger partial charge in [0.25, 0.3) is 0 Å². The minimum atomic E-state index is -0.0897. The molecule has 0 aliphatic heterocycles. The van der Waals surface area contributed by atoms with Gasteiger partial charge in [-0.1, -0.05) is 5.56 Å². The van der Waals surface area contributed by atoms with E-state index in [1.165, 1.54) is 18.3 Å². The Morgan fingerprint density at radius 2 is 2.12 bits per heavy atom. The first-order valence-corrected chi connectivity index (χ1v) is 5.66. The summed E-state index contributed by atoms with van der Waals surface area (Å²) in [6.45, 7) is 3.43. The Morgan fingerprint density at radius 3 is 2.69 bits per heavy atom. The van der Waals surface area contributed by atoms with Crippen molar-refractivity contribution in [3.05, 3.63) is 22.4 Å². The summed E-state index contributed by atoms with van der Waals surface area (Å²) >= 11 is 1.40. The van der Waals surface area contributed by atoms with Crippen molar-refractivity contribution >= 4 is 28.0 Å². The SMILES string of the molecule is CC(=O)Nc1sc2c(c1C)C[CH-]CC2=O.[Rb+]. The fourth-order valence-corrected chi connectivity index (χ4v) is 2.97. The third kappa shape index (κ3) is 2.90. The van der Waals surface area contributed by atoms with Crippen LogP contribution >= 0.6 is 11.3 Å². The Morgan fingerprint density at radius 1 is 1.44 bits per heavy atom. The van der Waals surface area contributed by atoms with Crippen molar-refractivity contribution in [1.29, 1.82) is 0 Å². The first-order chi connectivity index (χ1) is 7.09. The molecule has 0 aromatic carbocycles. The van der Waals surface area contributed by atoms with Gasteiger partial charge in [-0.3, -0.25) is 9.59 Å². The molecule has 1 aromatic rings. The fraction of sp³-hybridized carbons (Fsp3) is 0.364. The van der Waals surface area contributed by atoms with Crippen molar-refractivity contribution in [2.75, 3.05) is 5.32 Å². The van der Waals surface area contributed by atoms with Gasteiger partial charge in [0.1, 0.15) is 5.78 Å². The molecule has 0 saturated heterocycles. The first-order valence-electron chi connectivity index (χ1n) is 4.84. The number of carbonyl (C=O) groups excluding carboxylic acids is 2. The predicted octanol–water partition coefficient (Wildman–Crippen LogP) is -0.648. The van der Waals surface area contributed by atoms with Gasteiger partial charge >= 0.3 is 58.2 Å². The number of fused-ring (bicyclic) bond motifs is 1. The van der Waals surface area contributed by atoms with Gasteiger partial charge < -0.3 is 11.7 Å². The van der Waals surface area contributed by atoms with Crippen LogP contribution in [0.25, 0.3) is 0 Å². The summed E-state index contributed by atoms with van der Waals surface area (Å²) in [6.07, 6.45) is 3.34. The zero-order valence-corrected chi connectivity index (χ0v) is 15.4. The molecule has 3 nitrogen and oxygen atoms in total. The van der Waals surface area contributed by atoms with Gasteiger partial charge in [-0.25, -0.2) is 0 Å². The Balaban J connectivity index is 0.00000128. The number of rotatable bonds is 1. The molecule has 1 aromatic heterocycles. The minimum absolute atomic E-state index is 0. The smallest absolute Gasteiger partial charge is 0.318 e. The van der Waals surface area contributed by atoms with Crippen molar-refractivity contribution in [1.82, 2.24) is 0 Å². The quantitative estimate of drug-likeness (QED) is 0.701. The molecule has 2 rings (SSSR count). The topological polar surface area (TPSA) is 46.2 Å². The molecular weight excluding hydrogens is 296 g/mol. The van der Waals surface area contributed by atoms with Gasteiger partial charge in [0, 0.05) is 6.92 Å². The third-order valence-corrected chi connectivity index (χ3v) is 3.78. The fourth-order valence-electron chi connectivity index (χ4n) is 1.74. The maximum absolute atomic E-state index is 11.6. The van der Waals surface area contributed by atoms with E-state index in [1.54, 1.807) is 0 Å². The summed E-state index contributed by atoms with van der Waals surface area (Å²) in [6, 6.07) is 0. The average Bonchev–Trinajstić information content (AvgIpc) is 2.46. The Hall–Kier alpha value is 0.645. The number of anilines is 1. The number of carbonyl (C=O) groups is 2. The van der Waals surface area contributed by atoms with Crippen molar-refractivity contribution < 1.29 is 67.8 Å². The second-order valence-corrected chi connectivity index (χ2v) is 4.69. The van der Waals surface area contributed by atoms with Gasteiger partial charge in [0.15, 0.2) is 0 Å². The van der Waals surface area contributed by atoms with Gasteiger partial charge in [-0.2, -0.15) is 6.42 Å². The van der Waals surface area contributed by atoms with E-state index in [2.05, 4.69) is 5.32 Å². The van der Waals surface area contributed by atoms with Crippen LogP contribution in [0.4, 0.5) is 5.00 Å². The van der Waals surface area contributed by atoms with Gasteiger partial charge in [0.05, 0.1) is 9.88 Å². The van der Waals surface area contributed by atoms with E-state index in [9.17, 15) is 9.59 Å². The van der Waals surface area contributed by atoms with E-state index in [4.69, 9.17) is 0 Å². The second kappa shape index (κ2) is 6.00. The minimum Gasteiger partial charge on any atom is -0.318 e. The molecule has 16 heavy (non-hydrogen) atoms. The van der Waals surface area contributed by atoms with Gasteiger partial charge in [0.2, 0.25) is 5.91 Å². The Labute approximate surface area is 148 Å². The molecule has 0 fully saturated rings. The molecule has 1 heterocycles. The van der Waals surface area contributed by atoms with Crippen LogP contribution in [0.1, 0.15) is 34.1 Å². The van der Waals surface area contributed by atoms with Crippen molar-refractivity contribution in [3.8, 4) is 0 Å². The number of Topliss-reactive ketones (excluding diaryl/α,β-unsaturated/α-hetero) is 1. The third-order valence-electron chi connectivity index (χ3n) is 2.49. The van der Waals surface area contributed by atoms with E-state index in [-0.39, 0.29) is 69.9 Å². The zero-order chi connectivity index (χ0) is 11.0. The molecule has 0 radical (unpaired) electrons. The predicted molar refractivity (Wildman–Crippen MR) is 60.3 cm³/mol. The molecule has 0 spiro atoms. The molecule has 1 amide bonds. The number of thiophene rings is 1. The molecule has 0 bridgehead atoms. The van der Waals surface area contributed by atoms with Gasteiger partial charge in [-0.05, 0) is 12.5 Å². The van der Waals surface area contributed by atoms with Crippen LogP contribution in [0.15, 0.2) is 0 Å². The molecule has 0 saturated carbocycles. The standard InChI is InChI=1S/C11H12NO2S.Rb/c1-6-8-4-3-5-9(14)10(8)15-11(6)12-7(2)13;/h3H,4-5H2,1-2H3,(H,12,13);/q-1;+1. The normalized spacial score (nSPS) is 14.0.